The Labute approximate surface area is 197 Å². The van der Waals surface area contributed by atoms with Crippen molar-refractivity contribution in [2.75, 3.05) is 5.32 Å². The summed E-state index contributed by atoms with van der Waals surface area (Å²) in [5.41, 5.74) is 3.18. The fourth-order valence-corrected chi connectivity index (χ4v) is 5.34. The van der Waals surface area contributed by atoms with Crippen LogP contribution in [0.3, 0.4) is 0 Å². The van der Waals surface area contributed by atoms with E-state index in [-0.39, 0.29) is 16.8 Å². The lowest BCUT2D eigenvalue weighted by molar-refractivity contribution is -0.117. The van der Waals surface area contributed by atoms with Gasteiger partial charge in [0.05, 0.1) is 22.0 Å². The molecule has 1 amide bonds. The molecule has 172 valence electrons. The van der Waals surface area contributed by atoms with Gasteiger partial charge < -0.3 is 4.57 Å². The molecular weight excluding hydrogens is 450 g/mol. The van der Waals surface area contributed by atoms with Crippen LogP contribution in [0.5, 0.6) is 0 Å². The standard InChI is InChI=1S/C25H23N5O3S/c1-16(26-23-19-12-6-9-15-22(19)34(32,33)29-23)24(31)28-25-27-20-13-7-8-14-21(20)30(25)17(2)18-10-4-3-5-11-18/h3-17H,1-2H3,(H,26,29)(H,27,28,31). The third kappa shape index (κ3) is 3.84. The van der Waals surface area contributed by atoms with Crippen LogP contribution in [0.15, 0.2) is 88.8 Å². The van der Waals surface area contributed by atoms with Crippen LogP contribution in [0, 0.1) is 0 Å². The Kier molecular flexibility index (Phi) is 5.41. The summed E-state index contributed by atoms with van der Waals surface area (Å²) in [5.74, 6) is 0.166. The molecule has 0 aliphatic carbocycles. The second-order valence-corrected chi connectivity index (χ2v) is 9.78. The molecular formula is C25H23N5O3S. The average Bonchev–Trinajstić information content (AvgIpc) is 3.33. The van der Waals surface area contributed by atoms with Crippen LogP contribution < -0.4 is 10.0 Å². The number of aliphatic imine (C=N–C) groups is 1. The second kappa shape index (κ2) is 8.42. The highest BCUT2D eigenvalue weighted by Gasteiger charge is 2.31. The van der Waals surface area contributed by atoms with E-state index in [4.69, 9.17) is 0 Å². The highest BCUT2D eigenvalue weighted by atomic mass is 32.2. The summed E-state index contributed by atoms with van der Waals surface area (Å²) in [6.45, 7) is 3.66. The highest BCUT2D eigenvalue weighted by molar-refractivity contribution is 7.90. The summed E-state index contributed by atoms with van der Waals surface area (Å²) in [4.78, 5) is 22.3. The van der Waals surface area contributed by atoms with Crippen molar-refractivity contribution in [1.82, 2.24) is 14.3 Å². The zero-order valence-electron chi connectivity index (χ0n) is 18.6. The lowest BCUT2D eigenvalue weighted by Gasteiger charge is -2.19. The number of carbonyl (C=O) groups is 1. The van der Waals surface area contributed by atoms with E-state index >= 15 is 0 Å². The van der Waals surface area contributed by atoms with E-state index in [2.05, 4.69) is 20.0 Å². The Morgan fingerprint density at radius 3 is 2.44 bits per heavy atom. The molecule has 1 aliphatic heterocycles. The zero-order valence-corrected chi connectivity index (χ0v) is 19.5. The number of fused-ring (bicyclic) bond motifs is 2. The van der Waals surface area contributed by atoms with Crippen LogP contribution in [0.25, 0.3) is 11.0 Å². The number of hydrogen-bond acceptors (Lipinski definition) is 5. The van der Waals surface area contributed by atoms with E-state index in [0.29, 0.717) is 11.5 Å². The lowest BCUT2D eigenvalue weighted by Crippen LogP contribution is -2.30. The number of hydrogen-bond donors (Lipinski definition) is 2. The molecule has 1 aromatic heterocycles. The van der Waals surface area contributed by atoms with E-state index in [9.17, 15) is 13.2 Å². The first-order valence-corrected chi connectivity index (χ1v) is 12.4. The number of amidine groups is 1. The van der Waals surface area contributed by atoms with Crippen LogP contribution in [0.1, 0.15) is 31.0 Å². The molecule has 2 unspecified atom stereocenters. The molecule has 0 saturated carbocycles. The van der Waals surface area contributed by atoms with Crippen molar-refractivity contribution in [3.05, 3.63) is 90.0 Å². The first-order chi connectivity index (χ1) is 16.3. The Balaban J connectivity index is 1.47. The fraction of sp³-hybridized carbons (Fsp3) is 0.160. The Morgan fingerprint density at radius 1 is 0.971 bits per heavy atom. The smallest absolute Gasteiger partial charge is 0.263 e. The van der Waals surface area contributed by atoms with Gasteiger partial charge in [-0.3, -0.25) is 19.8 Å². The van der Waals surface area contributed by atoms with Crippen molar-refractivity contribution < 1.29 is 13.2 Å². The SMILES string of the molecule is CC(N=C1NS(=O)(=O)c2ccccc21)C(=O)Nc1nc2ccccc2n1C(C)c1ccccc1. The van der Waals surface area contributed by atoms with Gasteiger partial charge in [0, 0.05) is 5.56 Å². The Hall–Kier alpha value is -3.98. The van der Waals surface area contributed by atoms with E-state index < -0.39 is 22.0 Å². The molecule has 4 aromatic rings. The molecule has 5 rings (SSSR count). The molecule has 1 aliphatic rings. The summed E-state index contributed by atoms with van der Waals surface area (Å²) in [6, 6.07) is 23.3. The van der Waals surface area contributed by atoms with E-state index in [1.807, 2.05) is 66.1 Å². The number of nitrogens with one attached hydrogen (secondary N) is 2. The van der Waals surface area contributed by atoms with Crippen molar-refractivity contribution in [3.8, 4) is 0 Å². The fourth-order valence-electron chi connectivity index (χ4n) is 4.10. The van der Waals surface area contributed by atoms with Crippen molar-refractivity contribution in [1.29, 1.82) is 0 Å². The molecule has 34 heavy (non-hydrogen) atoms. The molecule has 0 spiro atoms. The minimum absolute atomic E-state index is 0.0842. The third-order valence-electron chi connectivity index (χ3n) is 5.87. The van der Waals surface area contributed by atoms with Crippen LogP contribution in [-0.2, 0) is 14.8 Å². The van der Waals surface area contributed by atoms with Crippen molar-refractivity contribution in [2.24, 2.45) is 4.99 Å². The maximum absolute atomic E-state index is 13.1. The molecule has 2 N–H and O–H groups in total. The first-order valence-electron chi connectivity index (χ1n) is 10.9. The molecule has 0 bridgehead atoms. The van der Waals surface area contributed by atoms with Gasteiger partial charge in [-0.2, -0.15) is 0 Å². The number of carbonyl (C=O) groups excluding carboxylic acids is 1. The van der Waals surface area contributed by atoms with E-state index in [0.717, 1.165) is 16.6 Å². The molecule has 9 heteroatoms. The highest BCUT2D eigenvalue weighted by Crippen LogP contribution is 2.29. The van der Waals surface area contributed by atoms with Gasteiger partial charge in [0.15, 0.2) is 0 Å². The van der Waals surface area contributed by atoms with Gasteiger partial charge in [0.1, 0.15) is 11.9 Å². The second-order valence-electron chi connectivity index (χ2n) is 8.13. The third-order valence-corrected chi connectivity index (χ3v) is 7.26. The number of aromatic nitrogens is 2. The maximum Gasteiger partial charge on any atom is 0.263 e. The van der Waals surface area contributed by atoms with Gasteiger partial charge in [0.25, 0.3) is 15.9 Å². The largest absolute Gasteiger partial charge is 0.303 e. The van der Waals surface area contributed by atoms with Gasteiger partial charge in [-0.05, 0) is 43.7 Å². The molecule has 2 heterocycles. The summed E-state index contributed by atoms with van der Waals surface area (Å²) < 4.78 is 29.1. The van der Waals surface area contributed by atoms with Crippen LogP contribution >= 0.6 is 0 Å². The topological polar surface area (TPSA) is 105 Å². The minimum atomic E-state index is -3.68. The van der Waals surface area contributed by atoms with Gasteiger partial charge in [-0.15, -0.1) is 0 Å². The summed E-state index contributed by atoms with van der Waals surface area (Å²) >= 11 is 0. The van der Waals surface area contributed by atoms with Crippen LogP contribution in [0.2, 0.25) is 0 Å². The van der Waals surface area contributed by atoms with Crippen LogP contribution in [0.4, 0.5) is 5.95 Å². The first kappa shape index (κ1) is 21.8. The molecule has 0 saturated heterocycles. The molecule has 0 fully saturated rings. The Morgan fingerprint density at radius 2 is 1.65 bits per heavy atom. The summed E-state index contributed by atoms with van der Waals surface area (Å²) in [6.07, 6.45) is 0. The number of sulfonamides is 1. The van der Waals surface area contributed by atoms with Crippen molar-refractivity contribution >= 4 is 38.7 Å². The molecule has 3 aromatic carbocycles. The summed E-state index contributed by atoms with van der Waals surface area (Å²) in [5, 5.41) is 2.90. The van der Waals surface area contributed by atoms with Gasteiger partial charge in [-0.1, -0.05) is 54.6 Å². The maximum atomic E-state index is 13.1. The minimum Gasteiger partial charge on any atom is -0.303 e. The number of amides is 1. The summed E-state index contributed by atoms with van der Waals surface area (Å²) in [7, 11) is -3.68. The number of rotatable bonds is 5. The van der Waals surface area contributed by atoms with Gasteiger partial charge in [-0.25, -0.2) is 13.4 Å². The molecule has 0 radical (unpaired) electrons. The van der Waals surface area contributed by atoms with Crippen molar-refractivity contribution in [2.45, 2.75) is 30.8 Å². The van der Waals surface area contributed by atoms with Crippen LogP contribution in [-0.4, -0.2) is 35.8 Å². The van der Waals surface area contributed by atoms with E-state index in [1.165, 1.54) is 6.07 Å². The quantitative estimate of drug-likeness (QED) is 0.461. The monoisotopic (exact) mass is 473 g/mol. The number of nitrogens with zero attached hydrogens (tertiary/aromatic N) is 3. The number of imidazole rings is 1. The molecule has 2 atom stereocenters. The van der Waals surface area contributed by atoms with Crippen molar-refractivity contribution in [3.63, 3.8) is 0 Å². The number of anilines is 1. The van der Waals surface area contributed by atoms with E-state index in [1.54, 1.807) is 25.1 Å². The number of benzene rings is 3. The lowest BCUT2D eigenvalue weighted by atomic mass is 10.1. The normalized spacial score (nSPS) is 17.2. The predicted octanol–water partition coefficient (Wildman–Crippen LogP) is 3.71. The van der Waals surface area contributed by atoms with Gasteiger partial charge >= 0.3 is 0 Å². The average molecular weight is 474 g/mol. The zero-order chi connectivity index (χ0) is 23.9. The predicted molar refractivity (Wildman–Crippen MR) is 131 cm³/mol. The molecule has 8 nitrogen and oxygen atoms in total. The number of para-hydroxylation sites is 2. The Bertz CT molecular complexity index is 1530. The van der Waals surface area contributed by atoms with Gasteiger partial charge in [0.2, 0.25) is 5.95 Å².